The summed E-state index contributed by atoms with van der Waals surface area (Å²) >= 11 is 0. The first-order valence-electron chi connectivity index (χ1n) is 17.6. The SMILES string of the molecule is COc1ccc2c(c1)C(=O)NC(c1ccc(OCCCCCOc3c(OC)cc(-c4cc(-c5cc(OC)c(OC)c(OC)c5)on4)cc3OC)c(OC)c1)N2. The Balaban J connectivity index is 1.02. The Hall–Kier alpha value is -6.44. The smallest absolute Gasteiger partial charge is 0.255 e. The number of anilines is 1. The molecule has 1 aliphatic rings. The summed E-state index contributed by atoms with van der Waals surface area (Å²) in [6.07, 6.45) is 1.99. The van der Waals surface area contributed by atoms with Gasteiger partial charge in [0.2, 0.25) is 11.5 Å². The number of ether oxygens (including phenoxy) is 9. The van der Waals surface area contributed by atoms with Crippen LogP contribution in [0.25, 0.3) is 22.6 Å². The zero-order chi connectivity index (χ0) is 38.9. The molecular weight excluding hydrogens is 710 g/mol. The first-order chi connectivity index (χ1) is 26.8. The average molecular weight is 756 g/mol. The van der Waals surface area contributed by atoms with Crippen LogP contribution in [-0.2, 0) is 0 Å². The van der Waals surface area contributed by atoms with E-state index in [-0.39, 0.29) is 5.91 Å². The Bertz CT molecular complexity index is 2070. The Morgan fingerprint density at radius 3 is 1.85 bits per heavy atom. The average Bonchev–Trinajstić information content (AvgIpc) is 3.73. The third kappa shape index (κ3) is 8.38. The summed E-state index contributed by atoms with van der Waals surface area (Å²) in [5.41, 5.74) is 4.07. The highest BCUT2D eigenvalue weighted by Gasteiger charge is 2.26. The molecular formula is C41H45N3O11. The van der Waals surface area contributed by atoms with Crippen molar-refractivity contribution in [2.75, 3.05) is 68.3 Å². The molecule has 4 aromatic carbocycles. The molecule has 14 heteroatoms. The van der Waals surface area contributed by atoms with Gasteiger partial charge in [-0.15, -0.1) is 0 Å². The monoisotopic (exact) mass is 755 g/mol. The van der Waals surface area contributed by atoms with Gasteiger partial charge in [0.25, 0.3) is 5.91 Å². The van der Waals surface area contributed by atoms with Gasteiger partial charge in [-0.2, -0.15) is 0 Å². The molecule has 1 aliphatic heterocycles. The molecule has 2 heterocycles. The molecule has 14 nitrogen and oxygen atoms in total. The van der Waals surface area contributed by atoms with Crippen LogP contribution in [0.3, 0.4) is 0 Å². The lowest BCUT2D eigenvalue weighted by atomic mass is 10.0. The second-order valence-electron chi connectivity index (χ2n) is 12.3. The minimum Gasteiger partial charge on any atom is -0.497 e. The molecule has 0 bridgehead atoms. The van der Waals surface area contributed by atoms with Crippen molar-refractivity contribution in [3.05, 3.63) is 77.9 Å². The van der Waals surface area contributed by atoms with E-state index in [4.69, 9.17) is 47.2 Å². The Labute approximate surface area is 319 Å². The molecule has 0 spiro atoms. The van der Waals surface area contributed by atoms with Gasteiger partial charge in [0.05, 0.1) is 68.5 Å². The van der Waals surface area contributed by atoms with Crippen LogP contribution in [0.15, 0.2) is 71.3 Å². The standard InChI is InChI=1S/C41H45N3O11/c1-46-27-12-13-29-28(22-27)41(45)43-40(42-29)24-11-14-31(33(17-24)47-2)53-15-9-8-10-16-54-39-36(50-5)18-25(19-37(39)51-6)30-23-32(55-44-30)26-20-34(48-3)38(52-7)35(21-26)49-4/h11-14,17-23,40,42H,8-10,15-16H2,1-7H3,(H,43,45). The van der Waals surface area contributed by atoms with Crippen molar-refractivity contribution >= 4 is 11.6 Å². The maximum absolute atomic E-state index is 12.8. The molecule has 0 saturated heterocycles. The van der Waals surface area contributed by atoms with Crippen molar-refractivity contribution < 1.29 is 51.9 Å². The maximum atomic E-state index is 12.8. The van der Waals surface area contributed by atoms with Gasteiger partial charge in [-0.25, -0.2) is 0 Å². The molecule has 1 atom stereocenters. The van der Waals surface area contributed by atoms with E-state index in [0.29, 0.717) is 87.5 Å². The topological polar surface area (TPSA) is 150 Å². The number of hydrogen-bond donors (Lipinski definition) is 2. The number of nitrogens with zero attached hydrogens (tertiary/aromatic N) is 1. The molecule has 5 aromatic rings. The maximum Gasteiger partial charge on any atom is 0.255 e. The zero-order valence-electron chi connectivity index (χ0n) is 31.9. The van der Waals surface area contributed by atoms with Crippen LogP contribution in [-0.4, -0.2) is 74.0 Å². The van der Waals surface area contributed by atoms with E-state index in [2.05, 4.69) is 15.8 Å². The van der Waals surface area contributed by atoms with E-state index in [1.54, 1.807) is 68.0 Å². The number of carbonyl (C=O) groups excluding carboxylic acids is 1. The van der Waals surface area contributed by atoms with Gasteiger partial charge in [0.15, 0.2) is 40.3 Å². The number of benzene rings is 4. The van der Waals surface area contributed by atoms with Crippen molar-refractivity contribution in [1.82, 2.24) is 10.5 Å². The van der Waals surface area contributed by atoms with Gasteiger partial charge in [-0.05, 0) is 79.4 Å². The van der Waals surface area contributed by atoms with E-state index in [1.165, 1.54) is 0 Å². The van der Waals surface area contributed by atoms with Crippen LogP contribution in [0.5, 0.6) is 51.7 Å². The lowest BCUT2D eigenvalue weighted by Gasteiger charge is -2.28. The molecule has 1 unspecified atom stereocenters. The number of unbranched alkanes of at least 4 members (excludes halogenated alkanes) is 2. The number of carbonyl (C=O) groups is 1. The summed E-state index contributed by atoms with van der Waals surface area (Å²) in [6.45, 7) is 0.926. The Morgan fingerprint density at radius 2 is 1.22 bits per heavy atom. The molecule has 55 heavy (non-hydrogen) atoms. The Kier molecular flexibility index (Phi) is 12.2. The normalized spacial score (nSPS) is 13.1. The molecule has 1 aromatic heterocycles. The molecule has 0 aliphatic carbocycles. The highest BCUT2D eigenvalue weighted by Crippen LogP contribution is 2.44. The van der Waals surface area contributed by atoms with Crippen LogP contribution in [0, 0.1) is 0 Å². The minimum atomic E-state index is -0.430. The molecule has 6 rings (SSSR count). The summed E-state index contributed by atoms with van der Waals surface area (Å²) < 4.78 is 56.6. The summed E-state index contributed by atoms with van der Waals surface area (Å²) in [5.74, 6) is 5.09. The van der Waals surface area contributed by atoms with E-state index in [1.807, 2.05) is 48.5 Å². The minimum absolute atomic E-state index is 0.190. The van der Waals surface area contributed by atoms with Crippen molar-refractivity contribution in [2.24, 2.45) is 0 Å². The number of aromatic nitrogens is 1. The third-order valence-electron chi connectivity index (χ3n) is 9.08. The van der Waals surface area contributed by atoms with Crippen molar-refractivity contribution in [2.45, 2.75) is 25.4 Å². The van der Waals surface area contributed by atoms with Gasteiger partial charge < -0.3 is 57.8 Å². The number of rotatable bonds is 18. The predicted molar refractivity (Wildman–Crippen MR) is 205 cm³/mol. The van der Waals surface area contributed by atoms with Gasteiger partial charge in [-0.3, -0.25) is 4.79 Å². The van der Waals surface area contributed by atoms with Crippen LogP contribution >= 0.6 is 0 Å². The first-order valence-corrected chi connectivity index (χ1v) is 17.6. The Morgan fingerprint density at radius 1 is 0.582 bits per heavy atom. The number of nitrogens with one attached hydrogen (secondary N) is 2. The third-order valence-corrected chi connectivity index (χ3v) is 9.08. The van der Waals surface area contributed by atoms with E-state index >= 15 is 0 Å². The van der Waals surface area contributed by atoms with Gasteiger partial charge in [-0.1, -0.05) is 11.2 Å². The molecule has 0 fully saturated rings. The lowest BCUT2D eigenvalue weighted by Crippen LogP contribution is -2.38. The zero-order valence-corrected chi connectivity index (χ0v) is 31.9. The largest absolute Gasteiger partial charge is 0.497 e. The van der Waals surface area contributed by atoms with Gasteiger partial charge in [0.1, 0.15) is 17.6 Å². The van der Waals surface area contributed by atoms with E-state index in [0.717, 1.165) is 36.1 Å². The van der Waals surface area contributed by atoms with E-state index < -0.39 is 6.17 Å². The lowest BCUT2D eigenvalue weighted by molar-refractivity contribution is 0.0935. The van der Waals surface area contributed by atoms with Crippen LogP contribution in [0.1, 0.15) is 41.3 Å². The molecule has 0 saturated carbocycles. The van der Waals surface area contributed by atoms with Crippen LogP contribution < -0.4 is 53.3 Å². The fourth-order valence-corrected chi connectivity index (χ4v) is 6.19. The van der Waals surface area contributed by atoms with E-state index in [9.17, 15) is 4.79 Å². The highest BCUT2D eigenvalue weighted by atomic mass is 16.5. The highest BCUT2D eigenvalue weighted by molar-refractivity contribution is 6.02. The number of methoxy groups -OCH3 is 7. The second kappa shape index (κ2) is 17.6. The quantitative estimate of drug-likeness (QED) is 0.0848. The predicted octanol–water partition coefficient (Wildman–Crippen LogP) is 7.55. The summed E-state index contributed by atoms with van der Waals surface area (Å²) in [4.78, 5) is 12.8. The van der Waals surface area contributed by atoms with Crippen LogP contribution in [0.4, 0.5) is 5.69 Å². The van der Waals surface area contributed by atoms with Gasteiger partial charge in [0, 0.05) is 22.9 Å². The van der Waals surface area contributed by atoms with Crippen molar-refractivity contribution in [3.8, 4) is 74.3 Å². The molecule has 290 valence electrons. The van der Waals surface area contributed by atoms with Crippen molar-refractivity contribution in [3.63, 3.8) is 0 Å². The van der Waals surface area contributed by atoms with Gasteiger partial charge >= 0.3 is 0 Å². The summed E-state index contributed by atoms with van der Waals surface area (Å²) in [7, 11) is 11.0. The number of amides is 1. The van der Waals surface area contributed by atoms with Crippen LogP contribution in [0.2, 0.25) is 0 Å². The van der Waals surface area contributed by atoms with Crippen molar-refractivity contribution in [1.29, 1.82) is 0 Å². The summed E-state index contributed by atoms with van der Waals surface area (Å²) in [5, 5.41) is 10.6. The fraction of sp³-hybridized carbons (Fsp3) is 0.317. The second-order valence-corrected chi connectivity index (χ2v) is 12.3. The fourth-order valence-electron chi connectivity index (χ4n) is 6.19. The summed E-state index contributed by atoms with van der Waals surface area (Å²) in [6, 6.07) is 20.0. The molecule has 2 N–H and O–H groups in total. The number of hydrogen-bond acceptors (Lipinski definition) is 13. The molecule has 0 radical (unpaired) electrons. The first kappa shape index (κ1) is 38.3. The number of fused-ring (bicyclic) bond motifs is 1. The molecule has 1 amide bonds.